The minimum Gasteiger partial charge on any atom is -0.489 e. The van der Waals surface area contributed by atoms with Crippen molar-refractivity contribution >= 4 is 40.9 Å². The summed E-state index contributed by atoms with van der Waals surface area (Å²) in [6.07, 6.45) is 13.9. The van der Waals surface area contributed by atoms with Crippen molar-refractivity contribution in [3.05, 3.63) is 59.4 Å². The van der Waals surface area contributed by atoms with E-state index in [1.165, 1.54) is 12.0 Å². The van der Waals surface area contributed by atoms with Crippen LogP contribution in [0.5, 0.6) is 5.75 Å². The fourth-order valence-electron chi connectivity index (χ4n) is 9.64. The van der Waals surface area contributed by atoms with Gasteiger partial charge in [-0.2, -0.15) is 5.10 Å². The minimum absolute atomic E-state index is 0.100. The normalized spacial score (nSPS) is 24.8. The summed E-state index contributed by atoms with van der Waals surface area (Å²) in [6, 6.07) is 9.21. The number of carbonyl (C=O) groups excluding carboxylic acids is 5. The molecule has 3 saturated heterocycles. The van der Waals surface area contributed by atoms with Crippen LogP contribution in [0.1, 0.15) is 103 Å². The van der Waals surface area contributed by atoms with Gasteiger partial charge in [0.15, 0.2) is 0 Å². The van der Waals surface area contributed by atoms with E-state index in [1.807, 2.05) is 12.3 Å². The number of rotatable bonds is 9. The van der Waals surface area contributed by atoms with Crippen molar-refractivity contribution in [2.75, 3.05) is 42.5 Å². The van der Waals surface area contributed by atoms with E-state index in [9.17, 15) is 24.0 Å². The molecule has 2 saturated carbocycles. The molecule has 292 valence electrons. The molecule has 10 rings (SSSR count). The molecule has 2 atom stereocenters. The average molecular weight is 760 g/mol. The number of fused-ring (bicyclic) bond motifs is 2. The Morgan fingerprint density at radius 3 is 2.38 bits per heavy atom. The number of amides is 5. The number of imide groups is 2. The van der Waals surface area contributed by atoms with Crippen LogP contribution in [0.15, 0.2) is 42.7 Å². The molecule has 56 heavy (non-hydrogen) atoms. The van der Waals surface area contributed by atoms with E-state index in [1.54, 1.807) is 12.1 Å². The van der Waals surface area contributed by atoms with E-state index in [0.717, 1.165) is 117 Å². The van der Waals surface area contributed by atoms with Crippen molar-refractivity contribution in [3.8, 4) is 16.9 Å². The molecule has 1 aromatic heterocycles. The van der Waals surface area contributed by atoms with Gasteiger partial charge in [0, 0.05) is 85.6 Å². The first-order chi connectivity index (χ1) is 27.2. The van der Waals surface area contributed by atoms with Crippen LogP contribution in [0.2, 0.25) is 0 Å². The first-order valence-electron chi connectivity index (χ1n) is 20.7. The van der Waals surface area contributed by atoms with Crippen LogP contribution in [-0.4, -0.2) is 100 Å². The van der Waals surface area contributed by atoms with Crippen LogP contribution in [0, 0.1) is 11.8 Å². The zero-order valence-electron chi connectivity index (χ0n) is 32.0. The van der Waals surface area contributed by atoms with Crippen molar-refractivity contribution in [2.24, 2.45) is 11.8 Å². The molecule has 7 aliphatic rings. The van der Waals surface area contributed by atoms with Crippen LogP contribution in [0.25, 0.3) is 11.1 Å². The highest BCUT2D eigenvalue weighted by atomic mass is 16.5. The molecule has 0 spiro atoms. The van der Waals surface area contributed by atoms with Crippen molar-refractivity contribution in [3.63, 3.8) is 0 Å². The van der Waals surface area contributed by atoms with Crippen LogP contribution in [0.4, 0.5) is 11.4 Å². The molecule has 5 amide bonds. The van der Waals surface area contributed by atoms with Gasteiger partial charge in [0.2, 0.25) is 17.7 Å². The summed E-state index contributed by atoms with van der Waals surface area (Å²) in [5, 5.41) is 7.14. The molecule has 1 unspecified atom stereocenters. The summed E-state index contributed by atoms with van der Waals surface area (Å²) in [4.78, 5) is 71.8. The van der Waals surface area contributed by atoms with Crippen LogP contribution in [-0.2, 0) is 20.8 Å². The highest BCUT2D eigenvalue weighted by Gasteiger charge is 2.45. The Balaban J connectivity index is 0.759. The molecule has 2 aliphatic carbocycles. The largest absolute Gasteiger partial charge is 0.489 e. The number of ether oxygens (including phenoxy) is 1. The lowest BCUT2D eigenvalue weighted by Crippen LogP contribution is -2.54. The third-order valence-electron chi connectivity index (χ3n) is 13.4. The number of nitrogens with one attached hydrogen (secondary N) is 1. The Labute approximate surface area is 326 Å². The van der Waals surface area contributed by atoms with Gasteiger partial charge in [-0.1, -0.05) is 0 Å². The molecule has 2 aromatic carbocycles. The maximum atomic E-state index is 13.4. The van der Waals surface area contributed by atoms with Gasteiger partial charge >= 0.3 is 0 Å². The molecular formula is C43H49N7O6. The first kappa shape index (κ1) is 35.4. The zero-order valence-corrected chi connectivity index (χ0v) is 32.0. The Hall–Kier alpha value is -5.04. The number of anilines is 2. The highest BCUT2D eigenvalue weighted by Crippen LogP contribution is 2.46. The summed E-state index contributed by atoms with van der Waals surface area (Å²) >= 11 is 0. The van der Waals surface area contributed by atoms with E-state index in [0.29, 0.717) is 23.1 Å². The molecular weight excluding hydrogens is 711 g/mol. The smallest absolute Gasteiger partial charge is 0.262 e. The highest BCUT2D eigenvalue weighted by molar-refractivity contribution is 6.23. The lowest BCUT2D eigenvalue weighted by atomic mass is 9.91. The van der Waals surface area contributed by atoms with Crippen molar-refractivity contribution in [1.29, 1.82) is 0 Å². The number of nitrogens with zero attached hydrogens (tertiary/aromatic N) is 6. The van der Waals surface area contributed by atoms with Gasteiger partial charge in [0.05, 0.1) is 35.2 Å². The van der Waals surface area contributed by atoms with Gasteiger partial charge in [0.1, 0.15) is 11.8 Å². The zero-order chi connectivity index (χ0) is 38.2. The van der Waals surface area contributed by atoms with E-state index < -0.39 is 23.8 Å². The standard InChI is InChI=1S/C43H49N7O6/c1-25-5-9-34-36(49(25)41(53)27-6-7-27)12-11-32(39(34)56-31-3-2-4-31)28-20-44-48(24-28)29-15-17-46(18-16-29)21-26-22-47(23-26)30-8-10-33-35(19-30)43(55)50(42(33)54)37-13-14-38(51)45-40(37)52/h8,10-12,19-20,24-27,29,31,37H,2-7,9,13-18,21-23H2,1H3,(H,45,51,52)/t25-,37?/m0/s1. The second-order valence-corrected chi connectivity index (χ2v) is 17.2. The second-order valence-electron chi connectivity index (χ2n) is 17.2. The molecule has 0 radical (unpaired) electrons. The van der Waals surface area contributed by atoms with Crippen molar-refractivity contribution in [2.45, 2.75) is 102 Å². The van der Waals surface area contributed by atoms with Crippen molar-refractivity contribution < 1.29 is 28.7 Å². The SMILES string of the molecule is C[C@H]1CCc2c(ccc(-c3cnn(C4CCN(CC5CN(c6ccc7c(c6)C(=O)N(C6CCC(=O)NC6=O)C7=O)C5)CC4)c3)c2OC2CCC2)N1C(=O)C1CC1. The topological polar surface area (TPSA) is 137 Å². The average Bonchev–Trinajstić information content (AvgIpc) is 3.85. The molecule has 13 nitrogen and oxygen atoms in total. The van der Waals surface area contributed by atoms with Gasteiger partial charge in [-0.25, -0.2) is 0 Å². The van der Waals surface area contributed by atoms with Gasteiger partial charge in [-0.05, 0) is 101 Å². The number of likely N-dealkylation sites (tertiary alicyclic amines) is 1. The summed E-state index contributed by atoms with van der Waals surface area (Å²) in [6.45, 7) is 6.93. The Morgan fingerprint density at radius 1 is 0.875 bits per heavy atom. The predicted octanol–water partition coefficient (Wildman–Crippen LogP) is 4.73. The Bertz CT molecular complexity index is 2130. The maximum Gasteiger partial charge on any atom is 0.262 e. The Kier molecular flexibility index (Phi) is 8.76. The molecule has 3 aromatic rings. The van der Waals surface area contributed by atoms with Gasteiger partial charge in [-0.3, -0.25) is 38.9 Å². The number of hydrogen-bond acceptors (Lipinski definition) is 9. The number of aromatic nitrogens is 2. The second kappa shape index (κ2) is 13.9. The lowest BCUT2D eigenvalue weighted by molar-refractivity contribution is -0.136. The summed E-state index contributed by atoms with van der Waals surface area (Å²) in [7, 11) is 0. The fraction of sp³-hybridized carbons (Fsp3) is 0.535. The first-order valence-corrected chi connectivity index (χ1v) is 20.7. The molecule has 6 heterocycles. The lowest BCUT2D eigenvalue weighted by Gasteiger charge is -2.44. The minimum atomic E-state index is -0.962. The number of piperidine rings is 2. The number of carbonyl (C=O) groups is 5. The number of hydrogen-bond donors (Lipinski definition) is 1. The van der Waals surface area contributed by atoms with E-state index in [2.05, 4.69) is 50.0 Å². The molecule has 0 bridgehead atoms. The third kappa shape index (κ3) is 6.18. The van der Waals surface area contributed by atoms with Crippen molar-refractivity contribution in [1.82, 2.24) is 24.9 Å². The monoisotopic (exact) mass is 759 g/mol. The van der Waals surface area contributed by atoms with E-state index in [-0.39, 0.29) is 42.7 Å². The fourth-order valence-corrected chi connectivity index (χ4v) is 9.64. The van der Waals surface area contributed by atoms with E-state index in [4.69, 9.17) is 9.84 Å². The van der Waals surface area contributed by atoms with Gasteiger partial charge in [0.25, 0.3) is 11.8 Å². The van der Waals surface area contributed by atoms with Crippen LogP contribution < -0.4 is 19.9 Å². The van der Waals surface area contributed by atoms with E-state index >= 15 is 0 Å². The predicted molar refractivity (Wildman–Crippen MR) is 207 cm³/mol. The van der Waals surface area contributed by atoms with Gasteiger partial charge < -0.3 is 19.4 Å². The van der Waals surface area contributed by atoms with Gasteiger partial charge in [-0.15, -0.1) is 0 Å². The summed E-state index contributed by atoms with van der Waals surface area (Å²) in [5.41, 5.74) is 5.88. The van der Waals surface area contributed by atoms with Crippen LogP contribution >= 0.6 is 0 Å². The molecule has 5 aliphatic heterocycles. The molecule has 1 N–H and O–H groups in total. The molecule has 5 fully saturated rings. The summed E-state index contributed by atoms with van der Waals surface area (Å²) in [5.74, 6) is -0.0370. The number of benzene rings is 2. The molecule has 13 heteroatoms. The Morgan fingerprint density at radius 2 is 1.64 bits per heavy atom. The third-order valence-corrected chi connectivity index (χ3v) is 13.4. The van der Waals surface area contributed by atoms with Crippen LogP contribution in [0.3, 0.4) is 0 Å². The quantitative estimate of drug-likeness (QED) is 0.307. The maximum absolute atomic E-state index is 13.4. The summed E-state index contributed by atoms with van der Waals surface area (Å²) < 4.78 is 8.90.